The maximum Gasteiger partial charge on any atom is 0.323 e. The highest BCUT2D eigenvalue weighted by Crippen LogP contribution is 2.42. The van der Waals surface area contributed by atoms with Gasteiger partial charge in [-0.2, -0.15) is 5.26 Å². The molecule has 0 radical (unpaired) electrons. The number of carbonyl (C=O) groups excluding carboxylic acids is 1. The molecule has 2 saturated heterocycles. The Balaban J connectivity index is 1.26. The van der Waals surface area contributed by atoms with Gasteiger partial charge in [-0.15, -0.1) is 0 Å². The number of carboxylic acids is 1. The van der Waals surface area contributed by atoms with Gasteiger partial charge < -0.3 is 24.1 Å². The van der Waals surface area contributed by atoms with Crippen LogP contribution in [0.3, 0.4) is 0 Å². The minimum atomic E-state index is -0.870. The third-order valence-electron chi connectivity index (χ3n) is 11.5. The lowest BCUT2D eigenvalue weighted by Gasteiger charge is -2.40. The number of methoxy groups -OCH3 is 1. The molecule has 6 rings (SSSR count). The van der Waals surface area contributed by atoms with E-state index in [1.165, 1.54) is 13.3 Å². The van der Waals surface area contributed by atoms with E-state index in [9.17, 15) is 20.0 Å². The fourth-order valence-electron chi connectivity index (χ4n) is 8.27. The number of allylic oxidation sites excluding steroid dienone is 2. The van der Waals surface area contributed by atoms with Gasteiger partial charge in [-0.1, -0.05) is 67.8 Å². The minimum absolute atomic E-state index is 0.109. The molecule has 0 bridgehead atoms. The molecule has 0 saturated carbocycles. The fourth-order valence-corrected chi connectivity index (χ4v) is 8.51. The van der Waals surface area contributed by atoms with Crippen molar-refractivity contribution in [3.05, 3.63) is 106 Å². The number of hydrogen-bond donors (Lipinski definition) is 1. The molecule has 0 amide bonds. The van der Waals surface area contributed by atoms with E-state index in [0.717, 1.165) is 60.9 Å². The van der Waals surface area contributed by atoms with Gasteiger partial charge in [0.25, 0.3) is 0 Å². The Labute approximate surface area is 340 Å². The molecule has 2 aromatic carbocycles. The number of aryl methyl sites for hydroxylation is 1. The summed E-state index contributed by atoms with van der Waals surface area (Å²) in [6, 6.07) is 14.9. The smallest absolute Gasteiger partial charge is 0.323 e. The molecule has 1 N–H and O–H groups in total. The van der Waals surface area contributed by atoms with Gasteiger partial charge in [0.2, 0.25) is 0 Å². The number of piperidine rings is 2. The second kappa shape index (κ2) is 19.6. The number of hydrogen-bond acceptors (Lipinski definition) is 10. The normalized spacial score (nSPS) is 22.6. The summed E-state index contributed by atoms with van der Waals surface area (Å²) in [5.41, 5.74) is 4.43. The van der Waals surface area contributed by atoms with E-state index in [1.54, 1.807) is 24.4 Å². The lowest BCUT2D eigenvalue weighted by molar-refractivity contribution is -0.148. The second-order valence-electron chi connectivity index (χ2n) is 15.2. The quantitative estimate of drug-likeness (QED) is 0.113. The van der Waals surface area contributed by atoms with Crippen LogP contribution in [0, 0.1) is 24.2 Å². The van der Waals surface area contributed by atoms with Crippen molar-refractivity contribution in [1.82, 2.24) is 14.8 Å². The number of ether oxygens (including phenoxy) is 4. The van der Waals surface area contributed by atoms with Crippen LogP contribution < -0.4 is 9.47 Å². The molecule has 3 aromatic rings. The van der Waals surface area contributed by atoms with Crippen molar-refractivity contribution < 1.29 is 33.6 Å². The largest absolute Gasteiger partial charge is 0.489 e. The van der Waals surface area contributed by atoms with Crippen molar-refractivity contribution in [3.63, 3.8) is 0 Å². The molecule has 11 nitrogen and oxygen atoms in total. The van der Waals surface area contributed by atoms with Crippen LogP contribution in [0.2, 0.25) is 5.02 Å². The lowest BCUT2D eigenvalue weighted by atomic mass is 9.76. The Morgan fingerprint density at radius 3 is 2.54 bits per heavy atom. The molecule has 302 valence electrons. The zero-order chi connectivity index (χ0) is 40.4. The van der Waals surface area contributed by atoms with Gasteiger partial charge in [0.05, 0.1) is 17.7 Å². The Kier molecular flexibility index (Phi) is 14.4. The summed E-state index contributed by atoms with van der Waals surface area (Å²) in [5.74, 6) is -0.245. The van der Waals surface area contributed by atoms with Gasteiger partial charge in [-0.3, -0.25) is 24.4 Å². The average Bonchev–Trinajstić information content (AvgIpc) is 3.23. The molecule has 1 aromatic heterocycles. The van der Waals surface area contributed by atoms with Crippen molar-refractivity contribution in [2.75, 3.05) is 40.0 Å². The maximum absolute atomic E-state index is 12.5. The maximum atomic E-state index is 12.5. The molecule has 2 unspecified atom stereocenters. The molecule has 0 spiro atoms. The number of esters is 1. The van der Waals surface area contributed by atoms with Crippen LogP contribution in [-0.4, -0.2) is 89.5 Å². The van der Waals surface area contributed by atoms with Crippen molar-refractivity contribution in [2.24, 2.45) is 5.92 Å². The van der Waals surface area contributed by atoms with Crippen LogP contribution in [0.25, 0.3) is 5.57 Å². The van der Waals surface area contributed by atoms with E-state index in [2.05, 4.69) is 54.1 Å². The van der Waals surface area contributed by atoms with E-state index in [0.29, 0.717) is 66.7 Å². The van der Waals surface area contributed by atoms with Crippen LogP contribution in [0.5, 0.6) is 11.5 Å². The summed E-state index contributed by atoms with van der Waals surface area (Å²) in [4.78, 5) is 33.1. The Hall–Kier alpha value is -4.73. The Morgan fingerprint density at radius 1 is 1.02 bits per heavy atom. The Bertz CT molecular complexity index is 2000. The first-order chi connectivity index (χ1) is 27.6. The number of benzene rings is 2. The van der Waals surface area contributed by atoms with Gasteiger partial charge in [0.1, 0.15) is 48.5 Å². The summed E-state index contributed by atoms with van der Waals surface area (Å²) in [7, 11) is 1.45. The van der Waals surface area contributed by atoms with Gasteiger partial charge >= 0.3 is 11.9 Å². The monoisotopic (exact) mass is 796 g/mol. The van der Waals surface area contributed by atoms with Crippen molar-refractivity contribution in [2.45, 2.75) is 89.6 Å². The number of nitrogens with zero attached hydrogens (tertiary/aromatic N) is 4. The highest BCUT2D eigenvalue weighted by molar-refractivity contribution is 6.32. The first-order valence-corrected chi connectivity index (χ1v) is 20.3. The van der Waals surface area contributed by atoms with Gasteiger partial charge in [-0.05, 0) is 87.0 Å². The number of rotatable bonds is 16. The number of pyridine rings is 1. The second-order valence-corrected chi connectivity index (χ2v) is 15.6. The molecular formula is C45H53ClN4O7. The number of carboxylic acid groups (broad SMARTS) is 1. The van der Waals surface area contributed by atoms with E-state index in [-0.39, 0.29) is 31.1 Å². The van der Waals surface area contributed by atoms with Gasteiger partial charge in [0, 0.05) is 55.2 Å². The molecular weight excluding hydrogens is 744 g/mol. The van der Waals surface area contributed by atoms with Crippen LogP contribution >= 0.6 is 11.6 Å². The number of carbonyl (C=O) groups is 2. The molecule has 2 aliphatic heterocycles. The summed E-state index contributed by atoms with van der Waals surface area (Å²) >= 11 is 7.01. The zero-order valence-electron chi connectivity index (χ0n) is 33.1. The number of halogens is 1. The lowest BCUT2D eigenvalue weighted by Crippen LogP contribution is -2.47. The third-order valence-corrected chi connectivity index (χ3v) is 11.8. The van der Waals surface area contributed by atoms with Crippen LogP contribution in [0.1, 0.15) is 79.7 Å². The van der Waals surface area contributed by atoms with E-state index in [1.807, 2.05) is 23.1 Å². The first-order valence-electron chi connectivity index (χ1n) is 19.9. The van der Waals surface area contributed by atoms with Gasteiger partial charge in [0.15, 0.2) is 0 Å². The molecule has 12 heteroatoms. The summed E-state index contributed by atoms with van der Waals surface area (Å²) < 4.78 is 25.1. The van der Waals surface area contributed by atoms with E-state index in [4.69, 9.17) is 30.5 Å². The first kappa shape index (κ1) is 41.9. The number of nitriles is 1. The van der Waals surface area contributed by atoms with Crippen LogP contribution in [0.15, 0.2) is 73.1 Å². The van der Waals surface area contributed by atoms with Crippen LogP contribution in [0.4, 0.5) is 0 Å². The molecule has 2 fully saturated rings. The molecule has 3 heterocycles. The van der Waals surface area contributed by atoms with E-state index < -0.39 is 17.6 Å². The highest BCUT2D eigenvalue weighted by atomic mass is 35.5. The molecule has 3 aliphatic rings. The Morgan fingerprint density at radius 2 is 1.79 bits per heavy atom. The van der Waals surface area contributed by atoms with Crippen molar-refractivity contribution in [1.29, 1.82) is 5.26 Å². The summed E-state index contributed by atoms with van der Waals surface area (Å²) in [5, 5.41) is 19.8. The van der Waals surface area contributed by atoms with Crippen molar-refractivity contribution >= 4 is 29.1 Å². The number of aliphatic carboxylic acids is 1. The number of aromatic nitrogens is 1. The molecule has 4 atom stereocenters. The summed E-state index contributed by atoms with van der Waals surface area (Å²) in [6.45, 7) is 7.48. The van der Waals surface area contributed by atoms with Crippen LogP contribution in [-0.2, 0) is 32.2 Å². The predicted octanol–water partition coefficient (Wildman–Crippen LogP) is 7.77. The summed E-state index contributed by atoms with van der Waals surface area (Å²) in [6.07, 6.45) is 15.3. The molecule has 1 aliphatic carbocycles. The average molecular weight is 797 g/mol. The minimum Gasteiger partial charge on any atom is -0.489 e. The van der Waals surface area contributed by atoms with Crippen molar-refractivity contribution in [3.8, 4) is 17.6 Å². The van der Waals surface area contributed by atoms with Gasteiger partial charge in [-0.25, -0.2) is 0 Å². The third kappa shape index (κ3) is 10.2. The standard InChI is InChI=1S/C45H53ClN4O7/c1-31-12-4-5-13-36(31)37-14-10-17-45(32(37)2,57-21-11-20-49-18-8-7-16-40(49)44(53)54-3)30-56-42-24-41(55-29-34-22-33(25-47)26-48-27-34)35(23-38(42)46)28-50-19-9-6-15-39(50)43(51)52/h4-5,10,12-14,17,22-24,26-27,32,39-40H,6-9,11,15-16,18-21,28-30H2,1-3H3,(H,51,52)/t32?,39-,40-,45?/m0/s1. The predicted molar refractivity (Wildman–Crippen MR) is 218 cm³/mol. The molecule has 57 heavy (non-hydrogen) atoms. The zero-order valence-corrected chi connectivity index (χ0v) is 33.9. The highest BCUT2D eigenvalue weighted by Gasteiger charge is 2.41. The SMILES string of the molecule is COC(=O)[C@@H]1CCCCN1CCCOC1(COc2cc(OCc3cncc(C#N)c3)c(CN3CCCC[C@H]3C(=O)O)cc2Cl)C=CC=C(c2ccccc2C)C1C. The topological polar surface area (TPSA) is 134 Å². The number of likely N-dealkylation sites (tertiary alicyclic amines) is 2. The van der Waals surface area contributed by atoms with E-state index >= 15 is 0 Å². The fraction of sp³-hybridized carbons (Fsp3) is 0.467.